The summed E-state index contributed by atoms with van der Waals surface area (Å²) < 4.78 is 27.1. The molecule has 13 rings (SSSR count). The van der Waals surface area contributed by atoms with Gasteiger partial charge < -0.3 is 107 Å². The zero-order chi connectivity index (χ0) is 72.7. The first-order valence-corrected chi connectivity index (χ1v) is 36.1. The quantitative estimate of drug-likeness (QED) is 0.0778. The number of hydrogen-bond donors (Lipinski definition) is 16. The number of halogens is 1. The molecule has 5 heterocycles. The summed E-state index contributed by atoms with van der Waals surface area (Å²) in [5.74, 6) is 2.93. The van der Waals surface area contributed by atoms with Crippen molar-refractivity contribution >= 4 is 70.1 Å². The third-order valence-electron chi connectivity index (χ3n) is 21.0. The number of anilines is 2. The van der Waals surface area contributed by atoms with Crippen molar-refractivity contribution in [3.8, 4) is 10.6 Å². The number of hydrogen-bond acceptors (Lipinski definition) is 27. The van der Waals surface area contributed by atoms with Crippen molar-refractivity contribution in [1.82, 2.24) is 35.8 Å². The molecule has 1 aromatic carbocycles. The first-order chi connectivity index (χ1) is 46.8. The van der Waals surface area contributed by atoms with E-state index in [0.717, 1.165) is 65.1 Å². The van der Waals surface area contributed by atoms with E-state index in [2.05, 4.69) is 52.3 Å². The predicted molar refractivity (Wildman–Crippen MR) is 375 cm³/mol. The zero-order valence-electron chi connectivity index (χ0n) is 59.7. The number of aliphatic hydroxyl groups excluding tert-OH is 10. The van der Waals surface area contributed by atoms with Crippen LogP contribution < -0.4 is 32.3 Å². The minimum Gasteiger partial charge on any atom is -0.444 e. The molecule has 7 saturated carbocycles. The molecule has 100 heavy (non-hydrogen) atoms. The summed E-state index contributed by atoms with van der Waals surface area (Å²) in [7, 11) is 1.95. The number of nitrogens with one attached hydrogen (secondary N) is 5. The van der Waals surface area contributed by atoms with E-state index in [9.17, 15) is 44.7 Å². The first-order valence-electron chi connectivity index (χ1n) is 35.3. The number of nitrogens with two attached hydrogens (primary N) is 1. The maximum Gasteiger partial charge on any atom is 0.420 e. The fourth-order valence-electron chi connectivity index (χ4n) is 14.9. The van der Waals surface area contributed by atoms with Gasteiger partial charge in [-0.05, 0) is 149 Å². The summed E-state index contributed by atoms with van der Waals surface area (Å²) in [4.78, 5) is 61.6. The summed E-state index contributed by atoms with van der Waals surface area (Å²) in [6.45, 7) is 21.9. The molecule has 31 heteroatoms. The number of amides is 4. The fraction of sp³-hybridized carbons (Fsp3) is 0.783. The number of para-hydroxylation sites is 1. The largest absolute Gasteiger partial charge is 0.444 e. The van der Waals surface area contributed by atoms with Gasteiger partial charge in [0.25, 0.3) is 0 Å². The lowest BCUT2D eigenvalue weighted by atomic mass is 9.95. The van der Waals surface area contributed by atoms with Gasteiger partial charge in [0, 0.05) is 68.7 Å². The van der Waals surface area contributed by atoms with Crippen LogP contribution in [-0.2, 0) is 23.7 Å². The second-order valence-corrected chi connectivity index (χ2v) is 31.4. The van der Waals surface area contributed by atoms with E-state index in [1.54, 1.807) is 32.1 Å². The molecule has 566 valence electrons. The lowest BCUT2D eigenvalue weighted by molar-refractivity contribution is 0.00299. The highest BCUT2D eigenvalue weighted by molar-refractivity contribution is 7.21. The Morgan fingerprint density at radius 1 is 0.680 bits per heavy atom. The highest BCUT2D eigenvalue weighted by atomic mass is 35.5. The van der Waals surface area contributed by atoms with Crippen LogP contribution >= 0.6 is 23.7 Å². The summed E-state index contributed by atoms with van der Waals surface area (Å²) >= 11 is 1.57. The molecule has 17 N–H and O–H groups in total. The van der Waals surface area contributed by atoms with Gasteiger partial charge in [-0.15, -0.1) is 23.7 Å². The Morgan fingerprint density at radius 3 is 1.79 bits per heavy atom. The summed E-state index contributed by atoms with van der Waals surface area (Å²) in [6, 6.07) is 7.19. The van der Waals surface area contributed by atoms with Crippen molar-refractivity contribution in [1.29, 1.82) is 0 Å². The third-order valence-corrected chi connectivity index (χ3v) is 22.0. The second-order valence-electron chi connectivity index (χ2n) is 30.4. The van der Waals surface area contributed by atoms with Crippen LogP contribution in [0.25, 0.3) is 20.8 Å². The smallest absolute Gasteiger partial charge is 0.420 e. The summed E-state index contributed by atoms with van der Waals surface area (Å²) in [5.41, 5.74) is 6.82. The second kappa shape index (κ2) is 35.5. The number of likely N-dealkylation sites (N-methyl/N-ethyl adjacent to an activating group) is 1. The highest BCUT2D eigenvalue weighted by Crippen LogP contribution is 2.45. The molecule has 7 aliphatic carbocycles. The number of epoxide rings is 1. The van der Waals surface area contributed by atoms with E-state index >= 15 is 0 Å². The SMILES string of the molecule is CCC1C[C@@H](NC(=O)OC(C)(C)C)[C@@H](O)[C@@H]1C.CCC1C[C@@H]2[C@@H](OC(=O)N2C(=O)OC(C)(C)C)[C@@H]1C.CN[C@@H]1CC(CO)[C@H]2OC21.Cc1nc(NCC2CC2)nc(N[C@@H]2C[C@H](CO)[C@@H](O)[C@@H]2O)c1-c1nc2ccccc2s1.Cl.NC1CC(CO)[C@@H](O)[C@@H]1O.O=C1N[C@@H]2CC(CO)[C@@H](O)[C@@H]2O1. The molecule has 7 unspecified atom stereocenters. The van der Waals surface area contributed by atoms with E-state index in [1.165, 1.54) is 17.7 Å². The molecule has 10 aliphatic rings. The van der Waals surface area contributed by atoms with Gasteiger partial charge >= 0.3 is 24.4 Å². The van der Waals surface area contributed by atoms with Gasteiger partial charge in [-0.3, -0.25) is 0 Å². The molecule has 29 nitrogen and oxygen atoms in total. The van der Waals surface area contributed by atoms with E-state index < -0.39 is 84.3 Å². The van der Waals surface area contributed by atoms with E-state index in [-0.39, 0.29) is 92.8 Å². The van der Waals surface area contributed by atoms with Crippen LogP contribution in [0.2, 0.25) is 0 Å². The van der Waals surface area contributed by atoms with E-state index in [0.29, 0.717) is 78.9 Å². The molecule has 3 saturated heterocycles. The van der Waals surface area contributed by atoms with Crippen molar-refractivity contribution in [2.45, 2.75) is 249 Å². The molecule has 10 fully saturated rings. The molecular formula is C69H113ClN10O19S. The topological polar surface area (TPSA) is 448 Å². The molecule has 0 radical (unpaired) electrons. The standard InChI is InChI=1S/C22H27N5O3S.C14H23NO4.C13H25NO3.C7H11NO4.C7H13NO2.C6H13NO3.ClH/c1-11-17(21-26-14-4-2-3-5-16(14)31-21)20(27-22(24-11)23-9-12-6-7-12)25-15-8-13(10-28)18(29)19(15)30;1-6-9-7-10-11(8(9)2)18-12(16)15(10)13(17)19-14(3,4)5;1-6-9-7-10(11(15)8(9)2)14-12(16)17-13(3,4)5;9-2-3-1-4-6(5(3)10)12-7(11)8-4;1-8-5-2-4(3-9)6-7(5)10-6;7-4-1-3(2-8)5(9)6(4)10;/h2-5,12-13,15,18-19,28-30H,6-10H2,1H3,(H2,23,24,25,27);8-11H,6-7H2,1-5H3;8-11,15H,6-7H2,1-5H3,(H,14,16);3-6,9-10H,1-2H2,(H,8,11);4-9H,2-3H2,1H3;3-6,8-10H,1-2,7H2;1H/t13-,15-,18-,19-;2*8-,9?,10-,11+;3?,4-,5-,6-;4?,5-,6-,7?;3?,4?,5-,6-;/m111111./s1. The Morgan fingerprint density at radius 2 is 1.27 bits per heavy atom. The molecule has 3 aliphatic heterocycles. The number of nitrogens with zero attached hydrogens (tertiary/aromatic N) is 4. The molecule has 3 aromatic rings. The molecular weight excluding hydrogens is 1340 g/mol. The van der Waals surface area contributed by atoms with Crippen LogP contribution in [0.3, 0.4) is 0 Å². The lowest BCUT2D eigenvalue weighted by Crippen LogP contribution is -2.43. The summed E-state index contributed by atoms with van der Waals surface area (Å²) in [6.07, 6.45) is 2.00. The van der Waals surface area contributed by atoms with Gasteiger partial charge in [0.2, 0.25) is 5.95 Å². The number of benzene rings is 1. The fourth-order valence-corrected chi connectivity index (χ4v) is 15.9. The number of fused-ring (bicyclic) bond motifs is 4. The van der Waals surface area contributed by atoms with Crippen LogP contribution in [0.1, 0.15) is 139 Å². The van der Waals surface area contributed by atoms with Gasteiger partial charge in [0.15, 0.2) is 0 Å². The Kier molecular flexibility index (Phi) is 29.2. The van der Waals surface area contributed by atoms with E-state index in [4.69, 9.17) is 64.9 Å². The number of alkyl carbamates (subject to hydrolysis) is 2. The number of carbonyl (C=O) groups excluding carboxylic acids is 4. The number of aromatic nitrogens is 3. The predicted octanol–water partition coefficient (Wildman–Crippen LogP) is 4.54. The number of aliphatic hydroxyl groups is 10. The molecule has 24 atom stereocenters. The van der Waals surface area contributed by atoms with Crippen molar-refractivity contribution in [3.63, 3.8) is 0 Å². The molecule has 4 amide bonds. The normalized spacial score (nSPS) is 35.5. The highest BCUT2D eigenvalue weighted by Gasteiger charge is 2.57. The van der Waals surface area contributed by atoms with Crippen molar-refractivity contribution < 1.29 is 93.9 Å². The first kappa shape index (κ1) is 82.1. The van der Waals surface area contributed by atoms with Crippen molar-refractivity contribution in [2.24, 2.45) is 59.0 Å². The number of thiazole rings is 1. The number of imide groups is 1. The zero-order valence-corrected chi connectivity index (χ0v) is 61.3. The number of ether oxygens (including phenoxy) is 5. The maximum absolute atomic E-state index is 12.1. The third kappa shape index (κ3) is 20.4. The van der Waals surface area contributed by atoms with Gasteiger partial charge in [-0.1, -0.05) is 52.7 Å². The molecule has 2 aromatic heterocycles. The Balaban J connectivity index is 0.000000178. The van der Waals surface area contributed by atoms with Crippen LogP contribution in [0.5, 0.6) is 0 Å². The minimum absolute atomic E-state index is 0. The van der Waals surface area contributed by atoms with Crippen molar-refractivity contribution in [3.05, 3.63) is 30.0 Å². The number of carbonyl (C=O) groups is 4. The average Bonchev–Trinajstić information content (AvgIpc) is 1.60. The van der Waals surface area contributed by atoms with Crippen LogP contribution in [0, 0.1) is 60.2 Å². The van der Waals surface area contributed by atoms with E-state index in [1.807, 2.05) is 65.9 Å². The Bertz CT molecular complexity index is 3100. The number of aryl methyl sites for hydroxylation is 1. The maximum atomic E-state index is 12.1. The van der Waals surface area contributed by atoms with Gasteiger partial charge in [0.1, 0.15) is 40.3 Å². The number of rotatable bonds is 14. The van der Waals surface area contributed by atoms with Gasteiger partial charge in [-0.25, -0.2) is 34.0 Å². The average molecular weight is 1450 g/mol. The molecule has 0 bridgehead atoms. The van der Waals surface area contributed by atoms with Crippen LogP contribution in [0.15, 0.2) is 24.3 Å². The van der Waals surface area contributed by atoms with Crippen LogP contribution in [0.4, 0.5) is 30.9 Å². The Labute approximate surface area is 596 Å². The van der Waals surface area contributed by atoms with Gasteiger partial charge in [0.05, 0.1) is 88.4 Å². The summed E-state index contributed by atoms with van der Waals surface area (Å²) in [5, 5.41) is 110. The lowest BCUT2D eigenvalue weighted by Gasteiger charge is -2.25. The van der Waals surface area contributed by atoms with Crippen molar-refractivity contribution in [2.75, 3.05) is 50.7 Å². The Hall–Kier alpha value is -5.16. The molecule has 0 spiro atoms. The van der Waals surface area contributed by atoms with Gasteiger partial charge in [-0.2, -0.15) is 4.98 Å². The monoisotopic (exact) mass is 1450 g/mol. The minimum atomic E-state index is -0.987. The van der Waals surface area contributed by atoms with Crippen LogP contribution in [-0.4, -0.2) is 244 Å².